The van der Waals surface area contributed by atoms with E-state index in [0.29, 0.717) is 11.0 Å². The van der Waals surface area contributed by atoms with Crippen LogP contribution >= 0.6 is 15.9 Å². The lowest BCUT2D eigenvalue weighted by Crippen LogP contribution is -2.26. The summed E-state index contributed by atoms with van der Waals surface area (Å²) < 4.78 is 32.8. The zero-order chi connectivity index (χ0) is 12.3. The minimum absolute atomic E-state index is 0.0752. The molecule has 1 aliphatic rings. The van der Waals surface area contributed by atoms with Gasteiger partial charge in [-0.05, 0) is 25.0 Å². The fourth-order valence-corrected chi connectivity index (χ4v) is 2.31. The molecule has 94 valence electrons. The number of hydrogen-bond donors (Lipinski definition) is 1. The highest BCUT2D eigenvalue weighted by Gasteiger charge is 2.16. The third-order valence-electron chi connectivity index (χ3n) is 2.80. The van der Waals surface area contributed by atoms with E-state index in [1.165, 1.54) is 12.1 Å². The summed E-state index contributed by atoms with van der Waals surface area (Å²) in [5, 5.41) is 3.02. The van der Waals surface area contributed by atoms with Crippen molar-refractivity contribution in [1.82, 2.24) is 5.32 Å². The standard InChI is InChI=1S/C12H14BrF2NO/c13-8-4-11(14)10(12(15)5-8)7-16-6-9-2-1-3-17-9/h4-5,9,16H,1-3,6-7H2. The average Bonchev–Trinajstić information content (AvgIpc) is 2.74. The maximum atomic E-state index is 13.5. The van der Waals surface area contributed by atoms with Crippen LogP contribution in [0.15, 0.2) is 16.6 Å². The molecular formula is C12H14BrF2NO. The Morgan fingerprint density at radius 3 is 2.65 bits per heavy atom. The van der Waals surface area contributed by atoms with Gasteiger partial charge in [0.1, 0.15) is 11.6 Å². The Kier molecular flexibility index (Phi) is 4.48. The molecule has 2 rings (SSSR count). The van der Waals surface area contributed by atoms with E-state index in [2.05, 4.69) is 21.2 Å². The molecule has 0 amide bonds. The second kappa shape index (κ2) is 5.89. The monoisotopic (exact) mass is 305 g/mol. The van der Waals surface area contributed by atoms with Crippen LogP contribution in [0.1, 0.15) is 18.4 Å². The lowest BCUT2D eigenvalue weighted by molar-refractivity contribution is 0.110. The fraction of sp³-hybridized carbons (Fsp3) is 0.500. The molecule has 1 unspecified atom stereocenters. The summed E-state index contributed by atoms with van der Waals surface area (Å²) in [6, 6.07) is 2.54. The Labute approximate surface area is 107 Å². The maximum absolute atomic E-state index is 13.5. The Morgan fingerprint density at radius 1 is 1.35 bits per heavy atom. The van der Waals surface area contributed by atoms with Crippen LogP contribution in [0.2, 0.25) is 0 Å². The summed E-state index contributed by atoms with van der Waals surface area (Å²) in [7, 11) is 0. The van der Waals surface area contributed by atoms with Crippen LogP contribution in [0.4, 0.5) is 8.78 Å². The van der Waals surface area contributed by atoms with Gasteiger partial charge in [0.05, 0.1) is 6.10 Å². The van der Waals surface area contributed by atoms with Crippen molar-refractivity contribution in [2.75, 3.05) is 13.2 Å². The second-order valence-electron chi connectivity index (χ2n) is 4.11. The molecule has 0 aliphatic carbocycles. The molecule has 2 nitrogen and oxygen atoms in total. The van der Waals surface area contributed by atoms with Gasteiger partial charge in [-0.2, -0.15) is 0 Å². The molecule has 0 aromatic heterocycles. The summed E-state index contributed by atoms with van der Waals surface area (Å²) in [4.78, 5) is 0. The first kappa shape index (κ1) is 12.9. The molecule has 1 fully saturated rings. The summed E-state index contributed by atoms with van der Waals surface area (Å²) >= 11 is 3.05. The molecule has 1 aliphatic heterocycles. The second-order valence-corrected chi connectivity index (χ2v) is 5.03. The van der Waals surface area contributed by atoms with Crippen LogP contribution in [0.3, 0.4) is 0 Å². The molecule has 0 spiro atoms. The van der Waals surface area contributed by atoms with Crippen LogP contribution in [0.25, 0.3) is 0 Å². The Balaban J connectivity index is 1.89. The van der Waals surface area contributed by atoms with Crippen LogP contribution < -0.4 is 5.32 Å². The normalized spacial score (nSPS) is 19.8. The number of halogens is 3. The molecule has 1 N–H and O–H groups in total. The number of ether oxygens (including phenoxy) is 1. The molecule has 1 aromatic carbocycles. The van der Waals surface area contributed by atoms with E-state index >= 15 is 0 Å². The zero-order valence-electron chi connectivity index (χ0n) is 9.31. The van der Waals surface area contributed by atoms with Gasteiger partial charge >= 0.3 is 0 Å². The highest BCUT2D eigenvalue weighted by atomic mass is 79.9. The van der Waals surface area contributed by atoms with Crippen LogP contribution in [0, 0.1) is 11.6 Å². The Morgan fingerprint density at radius 2 is 2.06 bits per heavy atom. The van der Waals surface area contributed by atoms with Crippen molar-refractivity contribution >= 4 is 15.9 Å². The highest BCUT2D eigenvalue weighted by molar-refractivity contribution is 9.10. The number of hydrogen-bond acceptors (Lipinski definition) is 2. The SMILES string of the molecule is Fc1cc(Br)cc(F)c1CNCC1CCCO1. The third kappa shape index (κ3) is 3.47. The van der Waals surface area contributed by atoms with Crippen LogP contribution in [0.5, 0.6) is 0 Å². The predicted octanol–water partition coefficient (Wildman–Crippen LogP) is 3.00. The quantitative estimate of drug-likeness (QED) is 0.923. The molecule has 1 atom stereocenters. The molecular weight excluding hydrogens is 292 g/mol. The highest BCUT2D eigenvalue weighted by Crippen LogP contribution is 2.19. The first-order chi connectivity index (χ1) is 8.16. The van der Waals surface area contributed by atoms with E-state index < -0.39 is 11.6 Å². The lowest BCUT2D eigenvalue weighted by Gasteiger charge is -2.11. The average molecular weight is 306 g/mol. The largest absolute Gasteiger partial charge is 0.377 e. The molecule has 1 saturated heterocycles. The maximum Gasteiger partial charge on any atom is 0.131 e. The van der Waals surface area contributed by atoms with Gasteiger partial charge in [-0.25, -0.2) is 8.78 Å². The first-order valence-electron chi connectivity index (χ1n) is 5.62. The molecule has 0 radical (unpaired) electrons. The van der Waals surface area contributed by atoms with Gasteiger partial charge in [0.15, 0.2) is 0 Å². The van der Waals surface area contributed by atoms with Crippen molar-refractivity contribution in [1.29, 1.82) is 0 Å². The predicted molar refractivity (Wildman–Crippen MR) is 64.7 cm³/mol. The molecule has 1 heterocycles. The topological polar surface area (TPSA) is 21.3 Å². The molecule has 5 heteroatoms. The first-order valence-corrected chi connectivity index (χ1v) is 6.42. The van der Waals surface area contributed by atoms with Gasteiger partial charge in [0.25, 0.3) is 0 Å². The summed E-state index contributed by atoms with van der Waals surface area (Å²) in [5.74, 6) is -1.06. The fourth-order valence-electron chi connectivity index (χ4n) is 1.90. The van der Waals surface area contributed by atoms with E-state index in [1.807, 2.05) is 0 Å². The van der Waals surface area contributed by atoms with Gasteiger partial charge in [-0.3, -0.25) is 0 Å². The van der Waals surface area contributed by atoms with Crippen molar-refractivity contribution in [3.63, 3.8) is 0 Å². The molecule has 0 bridgehead atoms. The van der Waals surface area contributed by atoms with E-state index in [-0.39, 0.29) is 18.2 Å². The van der Waals surface area contributed by atoms with Gasteiger partial charge in [-0.15, -0.1) is 0 Å². The van der Waals surface area contributed by atoms with E-state index in [0.717, 1.165) is 19.4 Å². The number of benzene rings is 1. The van der Waals surface area contributed by atoms with Gasteiger partial charge in [0, 0.05) is 29.7 Å². The van der Waals surface area contributed by atoms with Gasteiger partial charge < -0.3 is 10.1 Å². The van der Waals surface area contributed by atoms with Crippen LogP contribution in [-0.2, 0) is 11.3 Å². The van der Waals surface area contributed by atoms with Gasteiger partial charge in [0.2, 0.25) is 0 Å². The zero-order valence-corrected chi connectivity index (χ0v) is 10.9. The Bertz CT molecular complexity index is 371. The third-order valence-corrected chi connectivity index (χ3v) is 3.26. The van der Waals surface area contributed by atoms with Crippen molar-refractivity contribution in [3.8, 4) is 0 Å². The van der Waals surface area contributed by atoms with Crippen molar-refractivity contribution in [2.24, 2.45) is 0 Å². The number of nitrogens with one attached hydrogen (secondary N) is 1. The summed E-state index contributed by atoms with van der Waals surface area (Å²) in [5.41, 5.74) is 0.0752. The molecule has 0 saturated carbocycles. The van der Waals surface area contributed by atoms with E-state index in [4.69, 9.17) is 4.74 Å². The van der Waals surface area contributed by atoms with E-state index in [9.17, 15) is 8.78 Å². The van der Waals surface area contributed by atoms with Crippen molar-refractivity contribution < 1.29 is 13.5 Å². The van der Waals surface area contributed by atoms with Crippen molar-refractivity contribution in [2.45, 2.75) is 25.5 Å². The minimum atomic E-state index is -0.531. The van der Waals surface area contributed by atoms with Crippen molar-refractivity contribution in [3.05, 3.63) is 33.8 Å². The molecule has 17 heavy (non-hydrogen) atoms. The minimum Gasteiger partial charge on any atom is -0.377 e. The van der Waals surface area contributed by atoms with Crippen LogP contribution in [-0.4, -0.2) is 19.3 Å². The Hall–Kier alpha value is -0.520. The lowest BCUT2D eigenvalue weighted by atomic mass is 10.2. The van der Waals surface area contributed by atoms with Gasteiger partial charge in [-0.1, -0.05) is 15.9 Å². The molecule has 1 aromatic rings. The van der Waals surface area contributed by atoms with E-state index in [1.54, 1.807) is 0 Å². The summed E-state index contributed by atoms with van der Waals surface area (Å²) in [6.45, 7) is 1.60. The number of rotatable bonds is 4. The summed E-state index contributed by atoms with van der Waals surface area (Å²) in [6.07, 6.45) is 2.25. The smallest absolute Gasteiger partial charge is 0.131 e.